The van der Waals surface area contributed by atoms with Crippen molar-refractivity contribution in [3.8, 4) is 0 Å². The molecule has 1 aromatic heterocycles. The van der Waals surface area contributed by atoms with Crippen molar-refractivity contribution >= 4 is 23.2 Å². The predicted molar refractivity (Wildman–Crippen MR) is 83.0 cm³/mol. The number of pyridine rings is 1. The Kier molecular flexibility index (Phi) is 5.53. The first kappa shape index (κ1) is 15.1. The van der Waals surface area contributed by atoms with Gasteiger partial charge in [0.25, 0.3) is 0 Å². The molecule has 0 saturated heterocycles. The minimum Gasteiger partial charge on any atom is -0.262 e. The lowest BCUT2D eigenvalue weighted by Crippen LogP contribution is -2.19. The van der Waals surface area contributed by atoms with Crippen molar-refractivity contribution in [2.24, 2.45) is 5.41 Å². The molecule has 1 aliphatic rings. The van der Waals surface area contributed by atoms with Gasteiger partial charge < -0.3 is 0 Å². The van der Waals surface area contributed by atoms with Crippen LogP contribution in [0, 0.1) is 5.41 Å². The van der Waals surface area contributed by atoms with E-state index in [0.29, 0.717) is 15.5 Å². The average Bonchev–Trinajstić information content (AvgIpc) is 2.38. The second-order valence-corrected chi connectivity index (χ2v) is 6.97. The second kappa shape index (κ2) is 6.95. The smallest absolute Gasteiger partial charge is 0.0636 e. The first-order valence-electron chi connectivity index (χ1n) is 7.39. The summed E-state index contributed by atoms with van der Waals surface area (Å²) in [5.41, 5.74) is 1.65. The van der Waals surface area contributed by atoms with E-state index in [0.717, 1.165) is 12.0 Å². The van der Waals surface area contributed by atoms with Crippen LogP contribution in [0.15, 0.2) is 12.4 Å². The molecule has 1 aromatic rings. The van der Waals surface area contributed by atoms with E-state index in [1.165, 1.54) is 51.4 Å². The molecule has 0 atom stereocenters. The van der Waals surface area contributed by atoms with Gasteiger partial charge in [-0.1, -0.05) is 55.8 Å². The Bertz CT molecular complexity index is 391. The van der Waals surface area contributed by atoms with E-state index in [2.05, 4.69) is 11.9 Å². The van der Waals surface area contributed by atoms with Crippen LogP contribution in [0.3, 0.4) is 0 Å². The molecule has 0 unspecified atom stereocenters. The summed E-state index contributed by atoms with van der Waals surface area (Å²) >= 11 is 12.3. The first-order chi connectivity index (χ1) is 9.11. The Morgan fingerprint density at radius 2 is 1.68 bits per heavy atom. The fourth-order valence-electron chi connectivity index (χ4n) is 3.19. The van der Waals surface area contributed by atoms with Crippen LogP contribution in [0.4, 0.5) is 0 Å². The van der Waals surface area contributed by atoms with E-state index in [4.69, 9.17) is 23.2 Å². The third-order valence-corrected chi connectivity index (χ3v) is 5.12. The zero-order valence-corrected chi connectivity index (χ0v) is 13.2. The van der Waals surface area contributed by atoms with Gasteiger partial charge in [-0.25, -0.2) is 0 Å². The van der Waals surface area contributed by atoms with Gasteiger partial charge in [0.15, 0.2) is 0 Å². The van der Waals surface area contributed by atoms with E-state index in [9.17, 15) is 0 Å². The molecule has 0 amide bonds. The van der Waals surface area contributed by atoms with Gasteiger partial charge in [-0.05, 0) is 43.1 Å². The van der Waals surface area contributed by atoms with Gasteiger partial charge in [-0.2, -0.15) is 0 Å². The molecule has 19 heavy (non-hydrogen) atoms. The molecule has 1 saturated carbocycles. The Morgan fingerprint density at radius 1 is 1.05 bits per heavy atom. The zero-order valence-electron chi connectivity index (χ0n) is 11.7. The van der Waals surface area contributed by atoms with Crippen LogP contribution >= 0.6 is 23.2 Å². The van der Waals surface area contributed by atoms with E-state index in [1.54, 1.807) is 12.4 Å². The van der Waals surface area contributed by atoms with Crippen LogP contribution in [0.2, 0.25) is 10.0 Å². The number of hydrogen-bond donors (Lipinski definition) is 0. The highest BCUT2D eigenvalue weighted by molar-refractivity contribution is 6.35. The third-order valence-electron chi connectivity index (χ3n) is 4.47. The Hall–Kier alpha value is -0.270. The summed E-state index contributed by atoms with van der Waals surface area (Å²) in [4.78, 5) is 3.99. The molecular weight excluding hydrogens is 277 g/mol. The molecule has 106 valence electrons. The Morgan fingerprint density at radius 3 is 2.32 bits per heavy atom. The molecular formula is C16H23Cl2N. The Labute approximate surface area is 126 Å². The third kappa shape index (κ3) is 4.36. The summed E-state index contributed by atoms with van der Waals surface area (Å²) < 4.78 is 0. The normalized spacial score (nSPS) is 18.5. The maximum Gasteiger partial charge on any atom is 0.0636 e. The highest BCUT2D eigenvalue weighted by atomic mass is 35.5. The molecule has 1 fully saturated rings. The van der Waals surface area contributed by atoms with E-state index in [-0.39, 0.29) is 0 Å². The van der Waals surface area contributed by atoms with Crippen LogP contribution in [-0.4, -0.2) is 4.98 Å². The van der Waals surface area contributed by atoms with Crippen LogP contribution in [0.5, 0.6) is 0 Å². The SMILES string of the molecule is CC1(CCCCc2c(Cl)cncc2Cl)CCCCC1. The minimum atomic E-state index is 0.587. The van der Waals surface area contributed by atoms with Gasteiger partial charge in [0, 0.05) is 12.4 Å². The van der Waals surface area contributed by atoms with Crippen LogP contribution in [0.1, 0.15) is 63.9 Å². The first-order valence-corrected chi connectivity index (χ1v) is 8.14. The fraction of sp³-hybridized carbons (Fsp3) is 0.688. The number of aromatic nitrogens is 1. The molecule has 0 aliphatic heterocycles. The average molecular weight is 300 g/mol. The molecule has 0 N–H and O–H groups in total. The summed E-state index contributed by atoms with van der Waals surface area (Å²) in [6, 6.07) is 0. The summed E-state index contributed by atoms with van der Waals surface area (Å²) in [6.07, 6.45) is 15.2. The quantitative estimate of drug-likeness (QED) is 0.601. The number of halogens is 2. The highest BCUT2D eigenvalue weighted by Gasteiger charge is 2.25. The number of nitrogens with zero attached hydrogens (tertiary/aromatic N) is 1. The van der Waals surface area contributed by atoms with Crippen molar-refractivity contribution in [1.82, 2.24) is 4.98 Å². The van der Waals surface area contributed by atoms with Gasteiger partial charge in [0.1, 0.15) is 0 Å². The van der Waals surface area contributed by atoms with Crippen molar-refractivity contribution in [3.63, 3.8) is 0 Å². The molecule has 0 radical (unpaired) electrons. The van der Waals surface area contributed by atoms with Crippen molar-refractivity contribution < 1.29 is 0 Å². The predicted octanol–water partition coefficient (Wildman–Crippen LogP) is 6.07. The zero-order chi connectivity index (χ0) is 13.7. The van der Waals surface area contributed by atoms with Crippen molar-refractivity contribution in [3.05, 3.63) is 28.0 Å². The Balaban J connectivity index is 1.77. The molecule has 1 nitrogen and oxygen atoms in total. The molecule has 0 bridgehead atoms. The lowest BCUT2D eigenvalue weighted by atomic mass is 9.72. The van der Waals surface area contributed by atoms with Crippen molar-refractivity contribution in [1.29, 1.82) is 0 Å². The van der Waals surface area contributed by atoms with Crippen LogP contribution in [0.25, 0.3) is 0 Å². The number of rotatable bonds is 5. The summed E-state index contributed by atoms with van der Waals surface area (Å²) in [5.74, 6) is 0. The fourth-order valence-corrected chi connectivity index (χ4v) is 3.74. The molecule has 3 heteroatoms. The van der Waals surface area contributed by atoms with Gasteiger partial charge in [-0.3, -0.25) is 4.98 Å². The van der Waals surface area contributed by atoms with E-state index >= 15 is 0 Å². The van der Waals surface area contributed by atoms with Crippen molar-refractivity contribution in [2.75, 3.05) is 0 Å². The molecule has 1 heterocycles. The lowest BCUT2D eigenvalue weighted by Gasteiger charge is -2.33. The van der Waals surface area contributed by atoms with Gasteiger partial charge >= 0.3 is 0 Å². The monoisotopic (exact) mass is 299 g/mol. The van der Waals surface area contributed by atoms with E-state index < -0.39 is 0 Å². The maximum absolute atomic E-state index is 6.14. The van der Waals surface area contributed by atoms with Crippen molar-refractivity contribution in [2.45, 2.75) is 64.7 Å². The molecule has 1 aliphatic carbocycles. The highest BCUT2D eigenvalue weighted by Crippen LogP contribution is 2.40. The number of hydrogen-bond acceptors (Lipinski definition) is 1. The largest absolute Gasteiger partial charge is 0.262 e. The van der Waals surface area contributed by atoms with E-state index in [1.807, 2.05) is 0 Å². The second-order valence-electron chi connectivity index (χ2n) is 6.16. The standard InChI is InChI=1S/C16H23Cl2N/c1-16(8-4-2-5-9-16)10-6-3-7-13-14(17)11-19-12-15(13)18/h11-12H,2-10H2,1H3. The summed E-state index contributed by atoms with van der Waals surface area (Å²) in [7, 11) is 0. The minimum absolute atomic E-state index is 0.587. The van der Waals surface area contributed by atoms with Gasteiger partial charge in [-0.15, -0.1) is 0 Å². The molecule has 0 spiro atoms. The summed E-state index contributed by atoms with van der Waals surface area (Å²) in [5, 5.41) is 1.41. The number of unbranched alkanes of at least 4 members (excludes halogenated alkanes) is 1. The van der Waals surface area contributed by atoms with Crippen LogP contribution in [-0.2, 0) is 6.42 Å². The summed E-state index contributed by atoms with van der Waals surface area (Å²) in [6.45, 7) is 2.46. The topological polar surface area (TPSA) is 12.9 Å². The van der Waals surface area contributed by atoms with Gasteiger partial charge in [0.05, 0.1) is 10.0 Å². The van der Waals surface area contributed by atoms with Crippen LogP contribution < -0.4 is 0 Å². The van der Waals surface area contributed by atoms with Gasteiger partial charge in [0.2, 0.25) is 0 Å². The molecule has 2 rings (SSSR count). The maximum atomic E-state index is 6.14. The molecule has 0 aromatic carbocycles. The lowest BCUT2D eigenvalue weighted by molar-refractivity contribution is 0.193.